The summed E-state index contributed by atoms with van der Waals surface area (Å²) in [4.78, 5) is 51.3. The first-order chi connectivity index (χ1) is 24.6. The summed E-state index contributed by atoms with van der Waals surface area (Å²) in [5, 5.41) is 9.42. The van der Waals surface area contributed by atoms with Gasteiger partial charge in [-0.3, -0.25) is 4.79 Å². The van der Waals surface area contributed by atoms with Crippen molar-refractivity contribution < 1.29 is 19.1 Å². The van der Waals surface area contributed by atoms with Gasteiger partial charge in [0, 0.05) is 5.56 Å². The molecule has 0 aliphatic rings. The summed E-state index contributed by atoms with van der Waals surface area (Å²) < 4.78 is 15.1. The number of pyridine rings is 1. The van der Waals surface area contributed by atoms with Gasteiger partial charge in [0.25, 0.3) is 5.56 Å². The highest BCUT2D eigenvalue weighted by molar-refractivity contribution is 6.00. The van der Waals surface area contributed by atoms with E-state index in [2.05, 4.69) is 5.10 Å². The summed E-state index contributed by atoms with van der Waals surface area (Å²) in [6, 6.07) is 24.7. The van der Waals surface area contributed by atoms with Gasteiger partial charge in [0.1, 0.15) is 0 Å². The second-order valence-electron chi connectivity index (χ2n) is 12.2. The van der Waals surface area contributed by atoms with Gasteiger partial charge in [-0.25, -0.2) is 23.7 Å². The molecule has 0 bridgehead atoms. The molecule has 0 atom stereocenters. The summed E-state index contributed by atoms with van der Waals surface area (Å²) in [5.41, 5.74) is 6.70. The third-order valence-electron chi connectivity index (χ3n) is 8.64. The van der Waals surface area contributed by atoms with E-state index in [4.69, 9.17) is 24.5 Å². The molecular formula is C39H35N7O5. The fourth-order valence-electron chi connectivity index (χ4n) is 6.05. The van der Waals surface area contributed by atoms with Gasteiger partial charge in [0.05, 0.1) is 46.9 Å². The zero-order valence-electron chi connectivity index (χ0n) is 29.1. The molecule has 0 aliphatic heterocycles. The first-order valence-corrected chi connectivity index (χ1v) is 16.6. The number of benzene rings is 3. The largest absolute Gasteiger partial charge is 0.461 e. The molecule has 12 nitrogen and oxygen atoms in total. The van der Waals surface area contributed by atoms with Gasteiger partial charge in [0.15, 0.2) is 11.3 Å². The molecule has 12 heteroatoms. The molecule has 4 heterocycles. The van der Waals surface area contributed by atoms with Crippen LogP contribution in [0.2, 0.25) is 0 Å². The number of carbonyl (C=O) groups is 2. The number of hydrogen-bond acceptors (Lipinski definition) is 9. The number of fused-ring (bicyclic) bond motifs is 2. The van der Waals surface area contributed by atoms with Gasteiger partial charge in [-0.05, 0) is 77.4 Å². The minimum atomic E-state index is -0.767. The van der Waals surface area contributed by atoms with Gasteiger partial charge >= 0.3 is 11.9 Å². The molecule has 4 aromatic heterocycles. The van der Waals surface area contributed by atoms with Crippen LogP contribution in [-0.2, 0) is 9.47 Å². The van der Waals surface area contributed by atoms with Crippen molar-refractivity contribution in [3.8, 4) is 33.8 Å². The van der Waals surface area contributed by atoms with Gasteiger partial charge in [-0.15, -0.1) is 5.10 Å². The van der Waals surface area contributed by atoms with Gasteiger partial charge in [-0.2, -0.15) is 14.8 Å². The van der Waals surface area contributed by atoms with Crippen LogP contribution in [0.25, 0.3) is 50.6 Å². The molecule has 7 aromatic rings. The molecule has 256 valence electrons. The number of ether oxygens (including phenoxy) is 2. The Hall–Kier alpha value is -6.43. The Morgan fingerprint density at radius 3 is 1.82 bits per heavy atom. The Morgan fingerprint density at radius 1 is 0.686 bits per heavy atom. The number of carbonyl (C=O) groups excluding carboxylic acids is 2. The maximum absolute atomic E-state index is 14.7. The lowest BCUT2D eigenvalue weighted by Crippen LogP contribution is -2.21. The van der Waals surface area contributed by atoms with E-state index in [1.165, 1.54) is 9.08 Å². The van der Waals surface area contributed by atoms with Crippen molar-refractivity contribution in [2.45, 2.75) is 41.5 Å². The fourth-order valence-corrected chi connectivity index (χ4v) is 6.05. The van der Waals surface area contributed by atoms with E-state index < -0.39 is 17.5 Å². The summed E-state index contributed by atoms with van der Waals surface area (Å²) in [7, 11) is 0. The minimum absolute atomic E-state index is 0.0663. The summed E-state index contributed by atoms with van der Waals surface area (Å²) >= 11 is 0. The Labute approximate surface area is 292 Å². The maximum Gasteiger partial charge on any atom is 0.376 e. The average Bonchev–Trinajstić information content (AvgIpc) is 3.67. The van der Waals surface area contributed by atoms with Crippen molar-refractivity contribution in [1.82, 2.24) is 33.9 Å². The van der Waals surface area contributed by atoms with Crippen molar-refractivity contribution in [2.24, 2.45) is 0 Å². The van der Waals surface area contributed by atoms with Crippen LogP contribution in [0.1, 0.15) is 57.3 Å². The number of esters is 2. The molecule has 0 unspecified atom stereocenters. The lowest BCUT2D eigenvalue weighted by Gasteiger charge is -2.12. The molecule has 51 heavy (non-hydrogen) atoms. The quantitative estimate of drug-likeness (QED) is 0.164. The highest BCUT2D eigenvalue weighted by atomic mass is 16.5. The van der Waals surface area contributed by atoms with Crippen LogP contribution in [0.3, 0.4) is 0 Å². The molecule has 0 fully saturated rings. The van der Waals surface area contributed by atoms with Crippen molar-refractivity contribution >= 4 is 28.7 Å². The van der Waals surface area contributed by atoms with Crippen LogP contribution in [-0.4, -0.2) is 59.1 Å². The topological polar surface area (TPSA) is 136 Å². The van der Waals surface area contributed by atoms with E-state index in [0.717, 1.165) is 22.4 Å². The third-order valence-corrected chi connectivity index (χ3v) is 8.64. The summed E-state index contributed by atoms with van der Waals surface area (Å²) in [6.45, 7) is 11.4. The molecule has 0 radical (unpaired) electrons. The van der Waals surface area contributed by atoms with E-state index >= 15 is 0 Å². The zero-order valence-corrected chi connectivity index (χ0v) is 29.1. The van der Waals surface area contributed by atoms with E-state index in [1.54, 1.807) is 24.6 Å². The van der Waals surface area contributed by atoms with Crippen LogP contribution >= 0.6 is 0 Å². The maximum atomic E-state index is 14.7. The third kappa shape index (κ3) is 5.84. The summed E-state index contributed by atoms with van der Waals surface area (Å²) in [5.74, 6) is -1.53. The first-order valence-electron chi connectivity index (χ1n) is 16.6. The molecule has 7 rings (SSSR count). The van der Waals surface area contributed by atoms with Gasteiger partial charge in [0.2, 0.25) is 11.6 Å². The molecule has 0 aliphatic carbocycles. The molecule has 0 amide bonds. The lowest BCUT2D eigenvalue weighted by molar-refractivity contribution is 0.0504. The second-order valence-corrected chi connectivity index (χ2v) is 12.2. The SMILES string of the molecule is CCOC(=O)c1nn(-c2ccc(C)cc2)c(C)c1-c1cc(-c2ccc(C)cc2)c2c(=O)n3c(C(=O)OCC)nn(-c4ccc(C)cc4)c3nc2n1. The van der Waals surface area contributed by atoms with Gasteiger partial charge < -0.3 is 9.47 Å². The lowest BCUT2D eigenvalue weighted by atomic mass is 9.98. The predicted octanol–water partition coefficient (Wildman–Crippen LogP) is 6.54. The average molecular weight is 682 g/mol. The standard InChI is InChI=1S/C39H35N7O5/c1-7-50-37(48)33-31(25(6)45(42-33)27-17-11-23(4)12-18-27)30-21-29(26-15-9-22(3)10-16-26)32-34(40-30)41-39-44(36(32)47)35(38(49)51-8-2)43-46(39)28-19-13-24(5)14-20-28/h9-21H,7-8H2,1-6H3. The van der Waals surface area contributed by atoms with Crippen LogP contribution in [0.5, 0.6) is 0 Å². The second kappa shape index (κ2) is 13.1. The molecule has 0 saturated carbocycles. The number of aryl methyl sites for hydroxylation is 3. The van der Waals surface area contributed by atoms with Crippen molar-refractivity contribution in [3.63, 3.8) is 0 Å². The smallest absolute Gasteiger partial charge is 0.376 e. The van der Waals surface area contributed by atoms with Crippen LogP contribution in [0, 0.1) is 27.7 Å². The van der Waals surface area contributed by atoms with Crippen molar-refractivity contribution in [2.75, 3.05) is 13.2 Å². The fraction of sp³-hybridized carbons (Fsp3) is 0.205. The van der Waals surface area contributed by atoms with Crippen molar-refractivity contribution in [1.29, 1.82) is 0 Å². The summed E-state index contributed by atoms with van der Waals surface area (Å²) in [6.07, 6.45) is 0. The zero-order chi connectivity index (χ0) is 36.0. The molecule has 0 N–H and O–H groups in total. The number of hydrogen-bond donors (Lipinski definition) is 0. The first kappa shape index (κ1) is 33.1. The number of nitrogens with zero attached hydrogens (tertiary/aromatic N) is 7. The van der Waals surface area contributed by atoms with E-state index in [1.807, 2.05) is 100 Å². The Bertz CT molecular complexity index is 2530. The monoisotopic (exact) mass is 681 g/mol. The van der Waals surface area contributed by atoms with Crippen molar-refractivity contribution in [3.05, 3.63) is 123 Å². The molecule has 0 saturated heterocycles. The Morgan fingerprint density at radius 2 is 1.24 bits per heavy atom. The molecule has 0 spiro atoms. The number of rotatable bonds is 8. The van der Waals surface area contributed by atoms with Crippen LogP contribution < -0.4 is 5.56 Å². The van der Waals surface area contributed by atoms with E-state index in [9.17, 15) is 14.4 Å². The van der Waals surface area contributed by atoms with E-state index in [0.29, 0.717) is 33.8 Å². The Balaban J connectivity index is 1.59. The van der Waals surface area contributed by atoms with Crippen LogP contribution in [0.15, 0.2) is 83.7 Å². The van der Waals surface area contributed by atoms with Gasteiger partial charge in [-0.1, -0.05) is 65.2 Å². The molecule has 3 aromatic carbocycles. The minimum Gasteiger partial charge on any atom is -0.461 e. The highest BCUT2D eigenvalue weighted by Crippen LogP contribution is 2.35. The number of aromatic nitrogens is 7. The van der Waals surface area contributed by atoms with Crippen LogP contribution in [0.4, 0.5) is 0 Å². The predicted molar refractivity (Wildman–Crippen MR) is 193 cm³/mol. The normalized spacial score (nSPS) is 11.3. The Kier molecular flexibility index (Phi) is 8.51. The molecular weight excluding hydrogens is 646 g/mol. The van der Waals surface area contributed by atoms with E-state index in [-0.39, 0.29) is 41.5 Å². The highest BCUT2D eigenvalue weighted by Gasteiger charge is 2.29.